The SMILES string of the molecule is CCCCCCCOc1cc(NC)ncn1. The van der Waals surface area contributed by atoms with Gasteiger partial charge in [0.2, 0.25) is 5.88 Å². The molecule has 0 aliphatic carbocycles. The van der Waals surface area contributed by atoms with Crippen LogP contribution in [-0.2, 0) is 0 Å². The summed E-state index contributed by atoms with van der Waals surface area (Å²) in [6.07, 6.45) is 7.73. The molecule has 0 saturated carbocycles. The van der Waals surface area contributed by atoms with E-state index >= 15 is 0 Å². The molecule has 1 rings (SSSR count). The maximum absolute atomic E-state index is 5.54. The van der Waals surface area contributed by atoms with Gasteiger partial charge in [-0.05, 0) is 6.42 Å². The van der Waals surface area contributed by atoms with Gasteiger partial charge < -0.3 is 10.1 Å². The fourth-order valence-electron chi connectivity index (χ4n) is 1.44. The number of hydrogen-bond acceptors (Lipinski definition) is 4. The molecule has 0 fully saturated rings. The van der Waals surface area contributed by atoms with Gasteiger partial charge in [-0.25, -0.2) is 9.97 Å². The number of nitrogens with one attached hydrogen (secondary N) is 1. The summed E-state index contributed by atoms with van der Waals surface area (Å²) in [4.78, 5) is 8.07. The highest BCUT2D eigenvalue weighted by molar-refractivity contribution is 5.35. The Hall–Kier alpha value is -1.32. The summed E-state index contributed by atoms with van der Waals surface area (Å²) in [6.45, 7) is 2.96. The van der Waals surface area contributed by atoms with E-state index in [4.69, 9.17) is 4.74 Å². The van der Waals surface area contributed by atoms with E-state index < -0.39 is 0 Å². The maximum Gasteiger partial charge on any atom is 0.218 e. The van der Waals surface area contributed by atoms with Gasteiger partial charge in [0.05, 0.1) is 6.61 Å². The molecule has 0 saturated heterocycles. The zero-order chi connectivity index (χ0) is 11.6. The highest BCUT2D eigenvalue weighted by atomic mass is 16.5. The second kappa shape index (κ2) is 7.91. The molecule has 0 aliphatic rings. The molecule has 0 aromatic carbocycles. The second-order valence-electron chi connectivity index (χ2n) is 3.75. The van der Waals surface area contributed by atoms with Gasteiger partial charge in [0.25, 0.3) is 0 Å². The summed E-state index contributed by atoms with van der Waals surface area (Å²) in [5.74, 6) is 1.44. The van der Waals surface area contributed by atoms with E-state index in [1.807, 2.05) is 13.1 Å². The third-order valence-electron chi connectivity index (χ3n) is 2.40. The fraction of sp³-hybridized carbons (Fsp3) is 0.667. The standard InChI is InChI=1S/C12H21N3O/c1-3-4-5-6-7-8-16-12-9-11(13-2)14-10-15-12/h9-10H,3-8H2,1-2H3,(H,13,14,15). The number of hydrogen-bond donors (Lipinski definition) is 1. The largest absolute Gasteiger partial charge is 0.478 e. The van der Waals surface area contributed by atoms with Gasteiger partial charge in [-0.3, -0.25) is 0 Å². The average molecular weight is 223 g/mol. The lowest BCUT2D eigenvalue weighted by Gasteiger charge is -2.05. The Balaban J connectivity index is 2.16. The minimum absolute atomic E-state index is 0.648. The van der Waals surface area contributed by atoms with E-state index in [1.54, 1.807) is 0 Å². The van der Waals surface area contributed by atoms with Crippen molar-refractivity contribution < 1.29 is 4.74 Å². The summed E-state index contributed by atoms with van der Waals surface area (Å²) >= 11 is 0. The highest BCUT2D eigenvalue weighted by Crippen LogP contribution is 2.11. The summed E-state index contributed by atoms with van der Waals surface area (Å²) in [5.41, 5.74) is 0. The van der Waals surface area contributed by atoms with Gasteiger partial charge in [-0.1, -0.05) is 32.6 Å². The first-order valence-corrected chi connectivity index (χ1v) is 5.99. The van der Waals surface area contributed by atoms with Crippen LogP contribution in [0.25, 0.3) is 0 Å². The highest BCUT2D eigenvalue weighted by Gasteiger charge is 1.97. The molecular weight excluding hydrogens is 202 g/mol. The van der Waals surface area contributed by atoms with Gasteiger partial charge in [0, 0.05) is 13.1 Å². The van der Waals surface area contributed by atoms with Crippen molar-refractivity contribution in [1.82, 2.24) is 9.97 Å². The van der Waals surface area contributed by atoms with Gasteiger partial charge in [0.1, 0.15) is 12.1 Å². The van der Waals surface area contributed by atoms with E-state index in [9.17, 15) is 0 Å². The number of anilines is 1. The van der Waals surface area contributed by atoms with E-state index in [2.05, 4.69) is 22.2 Å². The molecule has 0 spiro atoms. The average Bonchev–Trinajstić information content (AvgIpc) is 2.34. The van der Waals surface area contributed by atoms with E-state index in [0.29, 0.717) is 5.88 Å². The summed E-state index contributed by atoms with van der Waals surface area (Å²) in [5, 5.41) is 2.95. The first-order valence-electron chi connectivity index (χ1n) is 5.99. The molecule has 4 heteroatoms. The predicted octanol–water partition coefficient (Wildman–Crippen LogP) is 2.87. The molecule has 0 amide bonds. The van der Waals surface area contributed by atoms with Crippen molar-refractivity contribution in [3.05, 3.63) is 12.4 Å². The van der Waals surface area contributed by atoms with Crippen LogP contribution in [0.2, 0.25) is 0 Å². The van der Waals surface area contributed by atoms with Crippen LogP contribution >= 0.6 is 0 Å². The Morgan fingerprint density at radius 3 is 2.75 bits per heavy atom. The van der Waals surface area contributed by atoms with Crippen molar-refractivity contribution in [3.63, 3.8) is 0 Å². The van der Waals surface area contributed by atoms with Crippen molar-refractivity contribution in [2.24, 2.45) is 0 Å². The first kappa shape index (κ1) is 12.7. The van der Waals surface area contributed by atoms with Crippen LogP contribution in [0.1, 0.15) is 39.0 Å². The summed E-state index contributed by atoms with van der Waals surface area (Å²) in [6, 6.07) is 1.81. The molecule has 0 atom stereocenters. The van der Waals surface area contributed by atoms with Gasteiger partial charge in [-0.2, -0.15) is 0 Å². The van der Waals surface area contributed by atoms with Gasteiger partial charge >= 0.3 is 0 Å². The molecule has 1 aromatic rings. The number of nitrogens with zero attached hydrogens (tertiary/aromatic N) is 2. The van der Waals surface area contributed by atoms with Crippen molar-refractivity contribution in [1.29, 1.82) is 0 Å². The molecule has 1 heterocycles. The third kappa shape index (κ3) is 4.96. The van der Waals surface area contributed by atoms with Gasteiger partial charge in [0.15, 0.2) is 0 Å². The molecule has 4 nitrogen and oxygen atoms in total. The first-order chi connectivity index (χ1) is 7.86. The maximum atomic E-state index is 5.54. The Kier molecular flexibility index (Phi) is 6.30. The molecule has 0 radical (unpaired) electrons. The number of unbranched alkanes of at least 4 members (excludes halogenated alkanes) is 4. The molecular formula is C12H21N3O. The lowest BCUT2D eigenvalue weighted by atomic mass is 10.2. The number of aromatic nitrogens is 2. The Morgan fingerprint density at radius 1 is 1.19 bits per heavy atom. The lowest BCUT2D eigenvalue weighted by Crippen LogP contribution is -2.01. The van der Waals surface area contributed by atoms with Gasteiger partial charge in [-0.15, -0.1) is 0 Å². The quantitative estimate of drug-likeness (QED) is 0.688. The normalized spacial score (nSPS) is 10.1. The Bertz CT molecular complexity index is 291. The van der Waals surface area contributed by atoms with E-state index in [0.717, 1.165) is 18.8 Å². The zero-order valence-corrected chi connectivity index (χ0v) is 10.2. The number of ether oxygens (including phenoxy) is 1. The molecule has 1 aromatic heterocycles. The van der Waals surface area contributed by atoms with E-state index in [1.165, 1.54) is 32.0 Å². The lowest BCUT2D eigenvalue weighted by molar-refractivity contribution is 0.293. The van der Waals surface area contributed by atoms with Crippen molar-refractivity contribution >= 4 is 5.82 Å². The molecule has 1 N–H and O–H groups in total. The molecule has 0 aliphatic heterocycles. The van der Waals surface area contributed by atoms with Crippen LogP contribution in [0.5, 0.6) is 5.88 Å². The minimum atomic E-state index is 0.648. The van der Waals surface area contributed by atoms with Crippen LogP contribution in [0.15, 0.2) is 12.4 Å². The number of rotatable bonds is 8. The second-order valence-corrected chi connectivity index (χ2v) is 3.75. The smallest absolute Gasteiger partial charge is 0.218 e. The summed E-state index contributed by atoms with van der Waals surface area (Å²) in [7, 11) is 1.83. The van der Waals surface area contributed by atoms with Crippen LogP contribution in [-0.4, -0.2) is 23.6 Å². The van der Waals surface area contributed by atoms with Crippen LogP contribution < -0.4 is 10.1 Å². The third-order valence-corrected chi connectivity index (χ3v) is 2.40. The Labute approximate surface area is 97.5 Å². The molecule has 16 heavy (non-hydrogen) atoms. The zero-order valence-electron chi connectivity index (χ0n) is 10.2. The monoisotopic (exact) mass is 223 g/mol. The van der Waals surface area contributed by atoms with Crippen LogP contribution in [0.4, 0.5) is 5.82 Å². The Morgan fingerprint density at radius 2 is 2.00 bits per heavy atom. The molecule has 0 unspecified atom stereocenters. The fourth-order valence-corrected chi connectivity index (χ4v) is 1.44. The minimum Gasteiger partial charge on any atom is -0.478 e. The van der Waals surface area contributed by atoms with E-state index in [-0.39, 0.29) is 0 Å². The van der Waals surface area contributed by atoms with Crippen LogP contribution in [0, 0.1) is 0 Å². The molecule has 90 valence electrons. The summed E-state index contributed by atoms with van der Waals surface area (Å²) < 4.78 is 5.54. The molecule has 0 bridgehead atoms. The predicted molar refractivity (Wildman–Crippen MR) is 65.8 cm³/mol. The van der Waals surface area contributed by atoms with Crippen molar-refractivity contribution in [3.8, 4) is 5.88 Å². The van der Waals surface area contributed by atoms with Crippen molar-refractivity contribution in [2.75, 3.05) is 19.0 Å². The van der Waals surface area contributed by atoms with Crippen LogP contribution in [0.3, 0.4) is 0 Å². The van der Waals surface area contributed by atoms with Crippen molar-refractivity contribution in [2.45, 2.75) is 39.0 Å². The topological polar surface area (TPSA) is 47.0 Å².